The molecular weight excluding hydrogens is 369 g/mol. The first-order valence-corrected chi connectivity index (χ1v) is 9.68. The van der Waals surface area contributed by atoms with Crippen molar-refractivity contribution in [3.63, 3.8) is 0 Å². The predicted molar refractivity (Wildman–Crippen MR) is 110 cm³/mol. The summed E-state index contributed by atoms with van der Waals surface area (Å²) in [5.74, 6) is 0.249. The van der Waals surface area contributed by atoms with Gasteiger partial charge in [0.2, 0.25) is 0 Å². The average molecular weight is 391 g/mol. The number of aliphatic carboxylic acids is 1. The number of rotatable bonds is 6. The van der Waals surface area contributed by atoms with Crippen LogP contribution in [0.4, 0.5) is 10.1 Å². The Hall–Kier alpha value is -3.34. The van der Waals surface area contributed by atoms with Crippen molar-refractivity contribution in [3.8, 4) is 11.5 Å². The number of para-hydroxylation sites is 1. The molecular formula is C24H22FNO3. The van der Waals surface area contributed by atoms with Crippen LogP contribution in [0.1, 0.15) is 23.1 Å². The largest absolute Gasteiger partial charge is 0.481 e. The molecule has 0 amide bonds. The minimum Gasteiger partial charge on any atom is -0.481 e. The summed E-state index contributed by atoms with van der Waals surface area (Å²) < 4.78 is 20.4. The predicted octanol–water partition coefficient (Wildman–Crippen LogP) is 5.20. The van der Waals surface area contributed by atoms with Gasteiger partial charge in [0, 0.05) is 25.6 Å². The van der Waals surface area contributed by atoms with Gasteiger partial charge in [0.1, 0.15) is 17.3 Å². The fourth-order valence-electron chi connectivity index (χ4n) is 3.64. The number of benzene rings is 3. The van der Waals surface area contributed by atoms with Crippen LogP contribution in [0.5, 0.6) is 11.5 Å². The summed E-state index contributed by atoms with van der Waals surface area (Å²) >= 11 is 0. The van der Waals surface area contributed by atoms with Gasteiger partial charge in [0.25, 0.3) is 0 Å². The SMILES string of the molecule is O=C(O)CCc1ccc2c(c1)CCN(c1cc(Oc3ccccc3)ccc1F)C2. The van der Waals surface area contributed by atoms with Gasteiger partial charge < -0.3 is 14.7 Å². The maximum absolute atomic E-state index is 14.6. The lowest BCUT2D eigenvalue weighted by molar-refractivity contribution is -0.136. The van der Waals surface area contributed by atoms with Crippen molar-refractivity contribution in [1.82, 2.24) is 0 Å². The standard InChI is InChI=1S/C24H22FNO3/c25-22-10-9-21(29-20-4-2-1-3-5-20)15-23(22)26-13-12-18-14-17(7-11-24(27)28)6-8-19(18)16-26/h1-6,8-10,14-15H,7,11-13,16H2,(H,27,28). The first-order valence-electron chi connectivity index (χ1n) is 9.68. The lowest BCUT2D eigenvalue weighted by atomic mass is 9.95. The lowest BCUT2D eigenvalue weighted by Gasteiger charge is -2.31. The van der Waals surface area contributed by atoms with Gasteiger partial charge in [-0.1, -0.05) is 36.4 Å². The Morgan fingerprint density at radius 1 is 1.00 bits per heavy atom. The normalized spacial score (nSPS) is 13.1. The minimum atomic E-state index is -0.790. The van der Waals surface area contributed by atoms with E-state index in [2.05, 4.69) is 6.07 Å². The fourth-order valence-corrected chi connectivity index (χ4v) is 3.64. The molecule has 5 heteroatoms. The number of carbonyl (C=O) groups is 1. The molecule has 4 nitrogen and oxygen atoms in total. The molecule has 0 atom stereocenters. The minimum absolute atomic E-state index is 0.129. The Labute approximate surface area is 169 Å². The van der Waals surface area contributed by atoms with E-state index >= 15 is 0 Å². The maximum Gasteiger partial charge on any atom is 0.303 e. The Bertz CT molecular complexity index is 1020. The molecule has 4 rings (SSSR count). The van der Waals surface area contributed by atoms with Gasteiger partial charge in [-0.25, -0.2) is 4.39 Å². The molecule has 0 saturated carbocycles. The molecule has 1 aliphatic heterocycles. The fraction of sp³-hybridized carbons (Fsp3) is 0.208. The van der Waals surface area contributed by atoms with Gasteiger partial charge in [-0.15, -0.1) is 0 Å². The summed E-state index contributed by atoms with van der Waals surface area (Å²) in [6, 6.07) is 20.3. The van der Waals surface area contributed by atoms with E-state index in [9.17, 15) is 9.18 Å². The van der Waals surface area contributed by atoms with Crippen LogP contribution in [0.3, 0.4) is 0 Å². The Morgan fingerprint density at radius 3 is 2.62 bits per heavy atom. The summed E-state index contributed by atoms with van der Waals surface area (Å²) in [5.41, 5.74) is 3.91. The summed E-state index contributed by atoms with van der Waals surface area (Å²) in [6.45, 7) is 1.31. The van der Waals surface area contributed by atoms with Gasteiger partial charge in [0.05, 0.1) is 5.69 Å². The smallest absolute Gasteiger partial charge is 0.303 e. The first kappa shape index (κ1) is 19.0. The number of fused-ring (bicyclic) bond motifs is 1. The third-order valence-corrected chi connectivity index (χ3v) is 5.15. The molecule has 1 aliphatic rings. The van der Waals surface area contributed by atoms with E-state index < -0.39 is 5.97 Å². The Morgan fingerprint density at radius 2 is 1.83 bits per heavy atom. The topological polar surface area (TPSA) is 49.8 Å². The molecule has 148 valence electrons. The van der Waals surface area contributed by atoms with Crippen LogP contribution in [0.15, 0.2) is 66.7 Å². The first-order chi connectivity index (χ1) is 14.1. The van der Waals surface area contributed by atoms with Crippen molar-refractivity contribution in [3.05, 3.63) is 89.2 Å². The molecule has 1 N–H and O–H groups in total. The van der Waals surface area contributed by atoms with E-state index in [1.54, 1.807) is 12.1 Å². The number of hydrogen-bond acceptors (Lipinski definition) is 3. The highest BCUT2D eigenvalue weighted by molar-refractivity contribution is 5.67. The van der Waals surface area contributed by atoms with Crippen LogP contribution in [0.2, 0.25) is 0 Å². The van der Waals surface area contributed by atoms with Gasteiger partial charge in [0.15, 0.2) is 0 Å². The molecule has 0 unspecified atom stereocenters. The van der Waals surface area contributed by atoms with Gasteiger partial charge >= 0.3 is 5.97 Å². The number of anilines is 1. The molecule has 1 heterocycles. The van der Waals surface area contributed by atoms with Crippen molar-refractivity contribution < 1.29 is 19.0 Å². The van der Waals surface area contributed by atoms with E-state index in [4.69, 9.17) is 9.84 Å². The molecule has 0 saturated heterocycles. The number of ether oxygens (including phenoxy) is 1. The molecule has 0 radical (unpaired) electrons. The summed E-state index contributed by atoms with van der Waals surface area (Å²) in [7, 11) is 0. The Kier molecular flexibility index (Phi) is 5.47. The summed E-state index contributed by atoms with van der Waals surface area (Å²) in [5, 5.41) is 8.86. The number of halogens is 1. The third-order valence-electron chi connectivity index (χ3n) is 5.15. The summed E-state index contributed by atoms with van der Waals surface area (Å²) in [6.07, 6.45) is 1.45. The number of carboxylic acids is 1. The molecule has 3 aromatic carbocycles. The zero-order valence-corrected chi connectivity index (χ0v) is 16.0. The van der Waals surface area contributed by atoms with E-state index in [1.165, 1.54) is 11.6 Å². The van der Waals surface area contributed by atoms with Crippen LogP contribution in [0.25, 0.3) is 0 Å². The summed E-state index contributed by atoms with van der Waals surface area (Å²) in [4.78, 5) is 12.8. The molecule has 0 aromatic heterocycles. The van der Waals surface area contributed by atoms with E-state index in [0.717, 1.165) is 17.5 Å². The zero-order chi connectivity index (χ0) is 20.2. The van der Waals surface area contributed by atoms with Crippen LogP contribution in [-0.4, -0.2) is 17.6 Å². The van der Waals surface area contributed by atoms with Gasteiger partial charge in [-0.2, -0.15) is 0 Å². The molecule has 0 fully saturated rings. The molecule has 0 aliphatic carbocycles. The van der Waals surface area contributed by atoms with E-state index in [1.807, 2.05) is 47.4 Å². The Balaban J connectivity index is 1.51. The molecule has 0 bridgehead atoms. The second-order valence-electron chi connectivity index (χ2n) is 7.20. The van der Waals surface area contributed by atoms with E-state index in [0.29, 0.717) is 36.7 Å². The molecule has 0 spiro atoms. The van der Waals surface area contributed by atoms with Crippen LogP contribution < -0.4 is 9.64 Å². The average Bonchev–Trinajstić information content (AvgIpc) is 2.74. The number of carboxylic acid groups (broad SMARTS) is 1. The molecule has 29 heavy (non-hydrogen) atoms. The number of nitrogens with zero attached hydrogens (tertiary/aromatic N) is 1. The van der Waals surface area contributed by atoms with Crippen LogP contribution in [0, 0.1) is 5.82 Å². The maximum atomic E-state index is 14.6. The second-order valence-corrected chi connectivity index (χ2v) is 7.20. The zero-order valence-electron chi connectivity index (χ0n) is 16.0. The monoisotopic (exact) mass is 391 g/mol. The highest BCUT2D eigenvalue weighted by Crippen LogP contribution is 2.32. The highest BCUT2D eigenvalue weighted by atomic mass is 19.1. The molecule has 3 aromatic rings. The van der Waals surface area contributed by atoms with Crippen molar-refractivity contribution >= 4 is 11.7 Å². The van der Waals surface area contributed by atoms with E-state index in [-0.39, 0.29) is 12.2 Å². The lowest BCUT2D eigenvalue weighted by Crippen LogP contribution is -2.31. The quantitative estimate of drug-likeness (QED) is 0.628. The third kappa shape index (κ3) is 4.57. The van der Waals surface area contributed by atoms with Gasteiger partial charge in [-0.05, 0) is 53.8 Å². The van der Waals surface area contributed by atoms with Crippen LogP contribution in [-0.2, 0) is 24.2 Å². The number of hydrogen-bond donors (Lipinski definition) is 1. The van der Waals surface area contributed by atoms with Crippen LogP contribution >= 0.6 is 0 Å². The van der Waals surface area contributed by atoms with Crippen molar-refractivity contribution in [1.29, 1.82) is 0 Å². The van der Waals surface area contributed by atoms with Crippen molar-refractivity contribution in [2.24, 2.45) is 0 Å². The van der Waals surface area contributed by atoms with Crippen molar-refractivity contribution in [2.75, 3.05) is 11.4 Å². The van der Waals surface area contributed by atoms with Crippen molar-refractivity contribution in [2.45, 2.75) is 25.8 Å². The van der Waals surface area contributed by atoms with Gasteiger partial charge in [-0.3, -0.25) is 4.79 Å². The number of aryl methyl sites for hydroxylation is 1. The second kappa shape index (κ2) is 8.35. The highest BCUT2D eigenvalue weighted by Gasteiger charge is 2.20.